The molecule has 1 aliphatic carbocycles. The van der Waals surface area contributed by atoms with Gasteiger partial charge in [-0.05, 0) is 39.0 Å². The number of rotatable bonds is 3. The maximum absolute atomic E-state index is 14.0. The van der Waals surface area contributed by atoms with Crippen molar-refractivity contribution in [1.29, 1.82) is 0 Å². The van der Waals surface area contributed by atoms with Gasteiger partial charge in [0.1, 0.15) is 21.9 Å². The summed E-state index contributed by atoms with van der Waals surface area (Å²) in [6, 6.07) is 0. The topological polar surface area (TPSA) is 9.23 Å². The van der Waals surface area contributed by atoms with E-state index in [9.17, 15) is 22.0 Å². The van der Waals surface area contributed by atoms with E-state index in [1.54, 1.807) is 0 Å². The molecule has 1 nitrogen and oxygen atoms in total. The minimum absolute atomic E-state index is 0.0255. The number of hydrogen-bond acceptors (Lipinski definition) is 4. The summed E-state index contributed by atoms with van der Waals surface area (Å²) in [6.07, 6.45) is 2.39. The predicted molar refractivity (Wildman–Crippen MR) is 101 cm³/mol. The summed E-state index contributed by atoms with van der Waals surface area (Å²) in [4.78, 5) is -0.934. The van der Waals surface area contributed by atoms with Gasteiger partial charge in [-0.15, -0.1) is 0 Å². The lowest BCUT2D eigenvalue weighted by Crippen LogP contribution is -2.40. The molecule has 0 amide bonds. The van der Waals surface area contributed by atoms with Gasteiger partial charge in [0.2, 0.25) is 5.82 Å². The van der Waals surface area contributed by atoms with Crippen molar-refractivity contribution in [2.45, 2.75) is 48.9 Å². The maximum Gasteiger partial charge on any atom is 0.324 e. The lowest BCUT2D eigenvalue weighted by Gasteiger charge is -2.35. The Labute approximate surface area is 162 Å². The predicted octanol–water partition coefficient (Wildman–Crippen LogP) is 7.35. The Morgan fingerprint density at radius 1 is 1.19 bits per heavy atom. The van der Waals surface area contributed by atoms with E-state index in [2.05, 4.69) is 18.8 Å². The van der Waals surface area contributed by atoms with Crippen molar-refractivity contribution in [3.05, 3.63) is 41.2 Å². The Bertz CT molecular complexity index is 750. The van der Waals surface area contributed by atoms with E-state index in [4.69, 9.17) is 4.52 Å². The van der Waals surface area contributed by atoms with Crippen molar-refractivity contribution in [3.8, 4) is 0 Å². The second kappa shape index (κ2) is 7.14. The van der Waals surface area contributed by atoms with Crippen LogP contribution in [-0.2, 0) is 4.52 Å². The van der Waals surface area contributed by atoms with Crippen LogP contribution in [0.5, 0.6) is 0 Å². The molecule has 1 saturated heterocycles. The molecule has 0 spiro atoms. The average molecular weight is 447 g/mol. The molecule has 1 unspecified atom stereocenters. The van der Waals surface area contributed by atoms with Gasteiger partial charge >= 0.3 is 5.10 Å². The summed E-state index contributed by atoms with van der Waals surface area (Å²) >= 11 is 6.35. The van der Waals surface area contributed by atoms with E-state index in [1.165, 1.54) is 11.4 Å². The van der Waals surface area contributed by atoms with Crippen molar-refractivity contribution >= 4 is 40.1 Å². The third-order valence-corrected chi connectivity index (χ3v) is 14.0. The Morgan fingerprint density at radius 3 is 2.27 bits per heavy atom. The highest BCUT2D eigenvalue weighted by molar-refractivity contribution is 9.14. The van der Waals surface area contributed by atoms with Crippen LogP contribution >= 0.6 is 40.1 Å². The Balaban J connectivity index is 1.89. The zero-order valence-electron chi connectivity index (χ0n) is 14.0. The van der Waals surface area contributed by atoms with E-state index >= 15 is 0 Å². The normalized spacial score (nSPS) is 34.0. The van der Waals surface area contributed by atoms with Crippen LogP contribution < -0.4 is 0 Å². The Morgan fingerprint density at radius 2 is 1.73 bits per heavy atom. The fourth-order valence-corrected chi connectivity index (χ4v) is 14.5. The molecule has 4 atom stereocenters. The number of benzene rings is 1. The number of hydrogen-bond donors (Lipinski definition) is 1. The molecule has 10 heteroatoms. The van der Waals surface area contributed by atoms with Crippen LogP contribution in [0.3, 0.4) is 0 Å². The molecule has 2 aliphatic rings. The zero-order valence-corrected chi connectivity index (χ0v) is 17.4. The highest BCUT2D eigenvalue weighted by atomic mass is 33.4. The Kier molecular flexibility index (Phi) is 5.70. The smallest absolute Gasteiger partial charge is 0.202 e. The second-order valence-corrected chi connectivity index (χ2v) is 17.5. The molecule has 26 heavy (non-hydrogen) atoms. The average Bonchev–Trinajstić information content (AvgIpc) is 2.84. The third kappa shape index (κ3) is 3.54. The van der Waals surface area contributed by atoms with Gasteiger partial charge in [0.25, 0.3) is 0 Å². The van der Waals surface area contributed by atoms with E-state index < -0.39 is 44.7 Å². The molecule has 3 rings (SSSR count). The second-order valence-electron chi connectivity index (χ2n) is 6.77. The molecular weight excluding hydrogens is 430 g/mol. The van der Waals surface area contributed by atoms with Gasteiger partial charge in [0.05, 0.1) is 28.9 Å². The first-order valence-electron chi connectivity index (χ1n) is 7.85. The van der Waals surface area contributed by atoms with Gasteiger partial charge in [-0.2, -0.15) is 4.52 Å². The minimum Gasteiger partial charge on any atom is -0.202 e. The highest BCUT2D eigenvalue weighted by Gasteiger charge is 2.64. The van der Waals surface area contributed by atoms with E-state index in [0.717, 1.165) is 24.8 Å². The van der Waals surface area contributed by atoms with Crippen LogP contribution in [0.4, 0.5) is 22.0 Å². The fraction of sp³-hybridized carbons (Fsp3) is 0.500. The molecule has 0 radical (unpaired) electrons. The molecule has 1 heterocycles. The zero-order chi connectivity index (χ0) is 19.4. The lowest BCUT2D eigenvalue weighted by atomic mass is 9.77. The molecule has 0 N–H and O–H groups in total. The van der Waals surface area contributed by atoms with Crippen LogP contribution in [0.15, 0.2) is 17.0 Å². The van der Waals surface area contributed by atoms with Crippen molar-refractivity contribution in [3.63, 3.8) is 0 Å². The lowest BCUT2D eigenvalue weighted by molar-refractivity contribution is 0.0691. The number of thiol groups is 1. The first-order chi connectivity index (χ1) is 12.0. The van der Waals surface area contributed by atoms with Crippen molar-refractivity contribution in [2.75, 3.05) is 0 Å². The molecular formula is C16H17F5OPS3+. The molecule has 0 aromatic heterocycles. The largest absolute Gasteiger partial charge is 0.324 e. The minimum atomic E-state index is -2.82. The maximum atomic E-state index is 14.0. The van der Waals surface area contributed by atoms with Crippen molar-refractivity contribution in [2.24, 2.45) is 5.92 Å². The van der Waals surface area contributed by atoms with E-state index in [-0.39, 0.29) is 5.25 Å². The SMILES string of the molecule is C=C(C)[C@@H]1CC[C@]2(C)O[P+](S)(Sc3c(F)c(F)c(F)c(F)c3F)S[C@H]2C1. The third-order valence-electron chi connectivity index (χ3n) is 4.83. The summed E-state index contributed by atoms with van der Waals surface area (Å²) in [5.74, 6) is -9.44. The molecule has 2 fully saturated rings. The molecule has 1 saturated carbocycles. The molecule has 1 aromatic rings. The van der Waals surface area contributed by atoms with Gasteiger partial charge in [-0.1, -0.05) is 12.2 Å². The summed E-state index contributed by atoms with van der Waals surface area (Å²) in [7, 11) is 0. The molecule has 144 valence electrons. The van der Waals surface area contributed by atoms with Crippen LogP contribution in [0.1, 0.15) is 33.1 Å². The van der Waals surface area contributed by atoms with Crippen molar-refractivity contribution in [1.82, 2.24) is 0 Å². The number of allylic oxidation sites excluding steroid dienone is 1. The standard InChI is InChI=1S/C16H17F5OPS3/c1-7(2)8-4-5-16(3)9(6-8)25-23(24,22-16)26-15-13(20)11(18)10(17)12(19)14(15)21/h8-9,24H,1,4-6H2,2-3H3/q+1/t8-,9+,16+,23?/m1/s1. The van der Waals surface area contributed by atoms with E-state index in [0.29, 0.717) is 17.3 Å². The summed E-state index contributed by atoms with van der Waals surface area (Å²) < 4.78 is 74.3. The van der Waals surface area contributed by atoms with E-state index in [1.807, 2.05) is 13.8 Å². The van der Waals surface area contributed by atoms with Gasteiger partial charge < -0.3 is 0 Å². The Hall–Kier alpha value is 0.0500. The van der Waals surface area contributed by atoms with Gasteiger partial charge in [0, 0.05) is 0 Å². The van der Waals surface area contributed by atoms with Crippen molar-refractivity contribution < 1.29 is 26.5 Å². The number of halogens is 5. The molecule has 1 aliphatic heterocycles. The summed E-state index contributed by atoms with van der Waals surface area (Å²) in [5.41, 5.74) is 0.526. The first-order valence-corrected chi connectivity index (χ1v) is 13.6. The van der Waals surface area contributed by atoms with Gasteiger partial charge in [-0.3, -0.25) is 0 Å². The monoisotopic (exact) mass is 447 g/mol. The number of fused-ring (bicyclic) bond motifs is 1. The molecule has 1 aromatic carbocycles. The van der Waals surface area contributed by atoms with Gasteiger partial charge in [-0.25, -0.2) is 22.0 Å². The van der Waals surface area contributed by atoms with Gasteiger partial charge in [0.15, 0.2) is 23.3 Å². The quantitative estimate of drug-likeness (QED) is 0.130. The first kappa shape index (κ1) is 20.8. The fourth-order valence-electron chi connectivity index (χ4n) is 3.22. The van der Waals surface area contributed by atoms with Crippen LogP contribution in [0.2, 0.25) is 0 Å². The molecule has 0 bridgehead atoms. The van der Waals surface area contributed by atoms with Crippen LogP contribution in [0, 0.1) is 35.0 Å². The highest BCUT2D eigenvalue weighted by Crippen LogP contribution is 2.92. The summed E-state index contributed by atoms with van der Waals surface area (Å²) in [6.45, 7) is 7.86. The van der Waals surface area contributed by atoms with Crippen LogP contribution in [0.25, 0.3) is 0 Å². The summed E-state index contributed by atoms with van der Waals surface area (Å²) in [5, 5.41) is -2.79. The van der Waals surface area contributed by atoms with Crippen LogP contribution in [-0.4, -0.2) is 10.9 Å².